The van der Waals surface area contributed by atoms with Crippen LogP contribution in [0.3, 0.4) is 0 Å². The fourth-order valence-corrected chi connectivity index (χ4v) is 3.87. The van der Waals surface area contributed by atoms with Gasteiger partial charge in [0.2, 0.25) is 0 Å². The molecule has 1 atom stereocenters. The molecular weight excluding hydrogens is 437 g/mol. The molecule has 0 aromatic heterocycles. The SMILES string of the molecule is CCCOC(=O)c1cccc(N2C(=O)C(=O)/C(=C(/O)c3ccc(F)cc3)C2c2ccccc2)c1. The molecule has 34 heavy (non-hydrogen) atoms. The summed E-state index contributed by atoms with van der Waals surface area (Å²) in [5.41, 5.74) is 1.21. The molecule has 1 unspecified atom stereocenters. The second kappa shape index (κ2) is 9.70. The number of halogens is 1. The number of anilines is 1. The van der Waals surface area contributed by atoms with E-state index in [0.29, 0.717) is 17.7 Å². The van der Waals surface area contributed by atoms with Gasteiger partial charge in [0.1, 0.15) is 11.6 Å². The van der Waals surface area contributed by atoms with E-state index in [4.69, 9.17) is 4.74 Å². The number of hydrogen-bond acceptors (Lipinski definition) is 5. The molecule has 3 aromatic carbocycles. The summed E-state index contributed by atoms with van der Waals surface area (Å²) in [4.78, 5) is 40.0. The number of amides is 1. The molecule has 0 spiro atoms. The molecule has 0 bridgehead atoms. The minimum absolute atomic E-state index is 0.123. The van der Waals surface area contributed by atoms with Crippen molar-refractivity contribution in [3.05, 3.63) is 107 Å². The van der Waals surface area contributed by atoms with Crippen LogP contribution >= 0.6 is 0 Å². The molecule has 0 aliphatic carbocycles. The van der Waals surface area contributed by atoms with E-state index < -0.39 is 35.3 Å². The molecule has 172 valence electrons. The summed E-state index contributed by atoms with van der Waals surface area (Å²) in [6.07, 6.45) is 0.664. The molecule has 0 saturated carbocycles. The summed E-state index contributed by atoms with van der Waals surface area (Å²) in [6.45, 7) is 2.14. The highest BCUT2D eigenvalue weighted by molar-refractivity contribution is 6.51. The van der Waals surface area contributed by atoms with Crippen LogP contribution in [-0.2, 0) is 14.3 Å². The zero-order chi connectivity index (χ0) is 24.2. The van der Waals surface area contributed by atoms with E-state index in [-0.39, 0.29) is 23.3 Å². The van der Waals surface area contributed by atoms with Crippen molar-refractivity contribution in [2.45, 2.75) is 19.4 Å². The summed E-state index contributed by atoms with van der Waals surface area (Å²) in [5, 5.41) is 11.0. The maximum Gasteiger partial charge on any atom is 0.338 e. The average molecular weight is 459 g/mol. The molecule has 0 radical (unpaired) electrons. The molecule has 3 aromatic rings. The highest BCUT2D eigenvalue weighted by Gasteiger charge is 2.47. The lowest BCUT2D eigenvalue weighted by Crippen LogP contribution is -2.29. The predicted octanol–water partition coefficient (Wildman–Crippen LogP) is 5.02. The van der Waals surface area contributed by atoms with E-state index >= 15 is 0 Å². The Morgan fingerprint density at radius 3 is 2.35 bits per heavy atom. The first kappa shape index (κ1) is 22.9. The summed E-state index contributed by atoms with van der Waals surface area (Å²) in [6, 6.07) is 19.1. The van der Waals surface area contributed by atoms with Crippen LogP contribution in [0.1, 0.15) is 40.9 Å². The van der Waals surface area contributed by atoms with E-state index in [2.05, 4.69) is 0 Å². The zero-order valence-electron chi connectivity index (χ0n) is 18.4. The number of carbonyl (C=O) groups is 3. The van der Waals surface area contributed by atoms with E-state index in [1.807, 2.05) is 6.92 Å². The number of aliphatic hydroxyl groups excluding tert-OH is 1. The summed E-state index contributed by atoms with van der Waals surface area (Å²) in [5.74, 6) is -3.18. The molecule has 7 heteroatoms. The van der Waals surface area contributed by atoms with Crippen molar-refractivity contribution >= 4 is 29.1 Å². The molecule has 6 nitrogen and oxygen atoms in total. The van der Waals surface area contributed by atoms with Crippen LogP contribution in [0.15, 0.2) is 84.4 Å². The van der Waals surface area contributed by atoms with Crippen molar-refractivity contribution in [1.82, 2.24) is 0 Å². The van der Waals surface area contributed by atoms with Gasteiger partial charge in [0.25, 0.3) is 11.7 Å². The fourth-order valence-electron chi connectivity index (χ4n) is 3.87. The van der Waals surface area contributed by atoms with E-state index in [0.717, 1.165) is 12.1 Å². The second-order valence-corrected chi connectivity index (χ2v) is 7.77. The normalized spacial score (nSPS) is 17.1. The summed E-state index contributed by atoms with van der Waals surface area (Å²) in [7, 11) is 0. The van der Waals surface area contributed by atoms with Gasteiger partial charge in [0.05, 0.1) is 23.8 Å². The first-order chi connectivity index (χ1) is 16.4. The maximum atomic E-state index is 13.4. The van der Waals surface area contributed by atoms with Crippen molar-refractivity contribution in [2.24, 2.45) is 0 Å². The summed E-state index contributed by atoms with van der Waals surface area (Å²) >= 11 is 0. The number of ether oxygens (including phenoxy) is 1. The number of aliphatic hydroxyl groups is 1. The van der Waals surface area contributed by atoms with Crippen molar-refractivity contribution in [3.8, 4) is 0 Å². The summed E-state index contributed by atoms with van der Waals surface area (Å²) < 4.78 is 18.6. The van der Waals surface area contributed by atoms with Gasteiger partial charge in [-0.2, -0.15) is 0 Å². The van der Waals surface area contributed by atoms with Crippen LogP contribution in [-0.4, -0.2) is 29.4 Å². The third kappa shape index (κ3) is 4.32. The highest BCUT2D eigenvalue weighted by Crippen LogP contribution is 2.42. The van der Waals surface area contributed by atoms with Gasteiger partial charge in [-0.25, -0.2) is 9.18 Å². The van der Waals surface area contributed by atoms with Gasteiger partial charge < -0.3 is 9.84 Å². The number of hydrogen-bond donors (Lipinski definition) is 1. The number of benzene rings is 3. The van der Waals surface area contributed by atoms with Crippen molar-refractivity contribution in [1.29, 1.82) is 0 Å². The Morgan fingerprint density at radius 1 is 0.971 bits per heavy atom. The molecule has 1 aliphatic rings. The Kier molecular flexibility index (Phi) is 6.54. The Bertz CT molecular complexity index is 1270. The van der Waals surface area contributed by atoms with Crippen LogP contribution in [0, 0.1) is 5.82 Å². The van der Waals surface area contributed by atoms with E-state index in [1.54, 1.807) is 48.5 Å². The first-order valence-corrected chi connectivity index (χ1v) is 10.8. The number of Topliss-reactive ketones (excluding diaryl/α,β-unsaturated/α-hetero) is 1. The number of carbonyl (C=O) groups excluding carboxylic acids is 3. The topological polar surface area (TPSA) is 83.9 Å². The number of nitrogens with zero attached hydrogens (tertiary/aromatic N) is 1. The third-order valence-corrected chi connectivity index (χ3v) is 5.47. The largest absolute Gasteiger partial charge is 0.507 e. The maximum absolute atomic E-state index is 13.4. The second-order valence-electron chi connectivity index (χ2n) is 7.77. The van der Waals surface area contributed by atoms with Crippen molar-refractivity contribution in [2.75, 3.05) is 11.5 Å². The Balaban J connectivity index is 1.85. The predicted molar refractivity (Wildman–Crippen MR) is 125 cm³/mol. The fraction of sp³-hybridized carbons (Fsp3) is 0.148. The average Bonchev–Trinajstić information content (AvgIpc) is 3.13. The van der Waals surface area contributed by atoms with Gasteiger partial charge in [0.15, 0.2) is 0 Å². The molecule has 1 heterocycles. The molecule has 1 fully saturated rings. The van der Waals surface area contributed by atoms with Crippen molar-refractivity contribution in [3.63, 3.8) is 0 Å². The monoisotopic (exact) mass is 459 g/mol. The van der Waals surface area contributed by atoms with Gasteiger partial charge >= 0.3 is 5.97 Å². The highest BCUT2D eigenvalue weighted by atomic mass is 19.1. The quantitative estimate of drug-likeness (QED) is 0.242. The minimum atomic E-state index is -0.951. The van der Waals surface area contributed by atoms with Gasteiger partial charge in [-0.05, 0) is 54.4 Å². The Morgan fingerprint density at radius 2 is 1.68 bits per heavy atom. The van der Waals surface area contributed by atoms with Crippen molar-refractivity contribution < 1.29 is 28.6 Å². The zero-order valence-corrected chi connectivity index (χ0v) is 18.4. The third-order valence-electron chi connectivity index (χ3n) is 5.47. The van der Waals surface area contributed by atoms with E-state index in [9.17, 15) is 23.9 Å². The molecule has 1 aliphatic heterocycles. The van der Waals surface area contributed by atoms with Gasteiger partial charge in [-0.3, -0.25) is 14.5 Å². The molecule has 1 N–H and O–H groups in total. The van der Waals surface area contributed by atoms with Gasteiger partial charge in [0, 0.05) is 11.3 Å². The van der Waals surface area contributed by atoms with Crippen LogP contribution in [0.4, 0.5) is 10.1 Å². The standard InChI is InChI=1S/C27H22FNO5/c1-2-15-34-27(33)19-9-6-10-21(16-19)29-23(17-7-4-3-5-8-17)22(25(31)26(29)32)24(30)18-11-13-20(28)14-12-18/h3-14,16,23,30H,2,15H2,1H3/b24-22+. The molecular formula is C27H22FNO5. The minimum Gasteiger partial charge on any atom is -0.507 e. The smallest absolute Gasteiger partial charge is 0.338 e. The molecule has 1 amide bonds. The Hall–Kier alpha value is -4.26. The number of ketones is 1. The van der Waals surface area contributed by atoms with Crippen LogP contribution in [0.25, 0.3) is 5.76 Å². The lowest BCUT2D eigenvalue weighted by Gasteiger charge is -2.25. The number of rotatable bonds is 6. The number of esters is 1. The van der Waals surface area contributed by atoms with Crippen LogP contribution < -0.4 is 4.90 Å². The molecule has 1 saturated heterocycles. The lowest BCUT2D eigenvalue weighted by atomic mass is 9.95. The first-order valence-electron chi connectivity index (χ1n) is 10.8. The van der Waals surface area contributed by atoms with Gasteiger partial charge in [-0.1, -0.05) is 43.3 Å². The Labute approximate surface area is 195 Å². The lowest BCUT2D eigenvalue weighted by molar-refractivity contribution is -0.132. The van der Waals surface area contributed by atoms with Gasteiger partial charge in [-0.15, -0.1) is 0 Å². The molecule has 4 rings (SSSR count). The van der Waals surface area contributed by atoms with E-state index in [1.165, 1.54) is 23.1 Å². The van der Waals surface area contributed by atoms with Crippen LogP contribution in [0.2, 0.25) is 0 Å². The van der Waals surface area contributed by atoms with Crippen LogP contribution in [0.5, 0.6) is 0 Å².